The molecule has 7 heteroatoms. The van der Waals surface area contributed by atoms with E-state index in [0.29, 0.717) is 12.3 Å². The number of fused-ring (bicyclic) bond motifs is 1. The summed E-state index contributed by atoms with van der Waals surface area (Å²) in [5, 5.41) is 0. The maximum atomic E-state index is 13.2. The van der Waals surface area contributed by atoms with Crippen LogP contribution >= 0.6 is 0 Å². The highest BCUT2D eigenvalue weighted by atomic mass is 32.2. The lowest BCUT2D eigenvalue weighted by atomic mass is 10.0. The third-order valence-corrected chi connectivity index (χ3v) is 5.94. The maximum Gasteiger partial charge on any atom is 0.262 e. The van der Waals surface area contributed by atoms with Gasteiger partial charge in [-0.25, -0.2) is 13.1 Å². The molecule has 1 amide bonds. The molecule has 2 aromatic rings. The minimum Gasteiger partial charge on any atom is -0.496 e. The van der Waals surface area contributed by atoms with Crippen LogP contribution in [-0.2, 0) is 16.4 Å². The molecule has 6 nitrogen and oxygen atoms in total. The second kappa shape index (κ2) is 7.47. The van der Waals surface area contributed by atoms with E-state index in [4.69, 9.17) is 4.74 Å². The van der Waals surface area contributed by atoms with Crippen LogP contribution in [-0.4, -0.2) is 34.5 Å². The molecule has 26 heavy (non-hydrogen) atoms. The average Bonchev–Trinajstić information content (AvgIpc) is 2.66. The Labute approximate surface area is 153 Å². The van der Waals surface area contributed by atoms with Gasteiger partial charge in [0.05, 0.1) is 17.6 Å². The number of hydrogen-bond donors (Lipinski definition) is 1. The van der Waals surface area contributed by atoms with Crippen LogP contribution in [0.5, 0.6) is 5.75 Å². The fourth-order valence-corrected chi connectivity index (χ4v) is 4.25. The van der Waals surface area contributed by atoms with E-state index in [1.807, 2.05) is 24.3 Å². The van der Waals surface area contributed by atoms with Gasteiger partial charge in [-0.05, 0) is 42.7 Å². The molecule has 1 aliphatic rings. The van der Waals surface area contributed by atoms with Crippen molar-refractivity contribution < 1.29 is 17.9 Å². The van der Waals surface area contributed by atoms with Gasteiger partial charge in [0.2, 0.25) is 10.0 Å². The number of nitrogens with one attached hydrogen (secondary N) is 1. The van der Waals surface area contributed by atoms with E-state index in [1.54, 1.807) is 11.8 Å². The molecule has 0 radical (unpaired) electrons. The standard InChI is InChI=1S/C19H22N2O4S/c1-3-20-26(23,24)15-10-11-18(25-2)16(13-15)19(22)21-12-6-8-14-7-4-5-9-17(14)21/h4-5,7,9-11,13,20H,3,6,8,12H2,1-2H3. The molecular formula is C19H22N2O4S. The van der Waals surface area contributed by atoms with E-state index in [-0.39, 0.29) is 22.9 Å². The van der Waals surface area contributed by atoms with Crippen LogP contribution in [0.25, 0.3) is 0 Å². The van der Waals surface area contributed by atoms with Gasteiger partial charge >= 0.3 is 0 Å². The van der Waals surface area contributed by atoms with Gasteiger partial charge in [-0.15, -0.1) is 0 Å². The molecule has 1 N–H and O–H groups in total. The highest BCUT2D eigenvalue weighted by Crippen LogP contribution is 2.31. The van der Waals surface area contributed by atoms with Crippen molar-refractivity contribution in [1.29, 1.82) is 0 Å². The zero-order chi connectivity index (χ0) is 18.7. The van der Waals surface area contributed by atoms with Gasteiger partial charge in [0.25, 0.3) is 5.91 Å². The van der Waals surface area contributed by atoms with Crippen LogP contribution < -0.4 is 14.4 Å². The maximum absolute atomic E-state index is 13.2. The summed E-state index contributed by atoms with van der Waals surface area (Å²) in [7, 11) is -2.19. The SMILES string of the molecule is CCNS(=O)(=O)c1ccc(OC)c(C(=O)N2CCCc3ccccc32)c1. The Kier molecular flexibility index (Phi) is 5.29. The van der Waals surface area contributed by atoms with Crippen molar-refractivity contribution in [2.75, 3.05) is 25.1 Å². The molecule has 0 aromatic heterocycles. The molecule has 0 saturated carbocycles. The fourth-order valence-electron chi connectivity index (χ4n) is 3.18. The largest absolute Gasteiger partial charge is 0.496 e. The van der Waals surface area contributed by atoms with Crippen molar-refractivity contribution in [3.8, 4) is 5.75 Å². The lowest BCUT2D eigenvalue weighted by Gasteiger charge is -2.30. The zero-order valence-electron chi connectivity index (χ0n) is 14.9. The minimum atomic E-state index is -3.66. The van der Waals surface area contributed by atoms with Crippen molar-refractivity contribution in [2.24, 2.45) is 0 Å². The molecule has 1 aliphatic heterocycles. The molecule has 1 heterocycles. The second-order valence-corrected chi connectivity index (χ2v) is 7.82. The van der Waals surface area contributed by atoms with Crippen molar-refractivity contribution in [3.63, 3.8) is 0 Å². The summed E-state index contributed by atoms with van der Waals surface area (Å²) in [6.07, 6.45) is 1.78. The number of carbonyl (C=O) groups excluding carboxylic acids is 1. The van der Waals surface area contributed by atoms with Gasteiger partial charge in [-0.3, -0.25) is 4.79 Å². The van der Waals surface area contributed by atoms with E-state index >= 15 is 0 Å². The van der Waals surface area contributed by atoms with E-state index < -0.39 is 10.0 Å². The number of aryl methyl sites for hydroxylation is 1. The van der Waals surface area contributed by atoms with Crippen molar-refractivity contribution >= 4 is 21.6 Å². The topological polar surface area (TPSA) is 75.7 Å². The molecule has 0 fully saturated rings. The summed E-state index contributed by atoms with van der Waals surface area (Å²) in [4.78, 5) is 15.0. The summed E-state index contributed by atoms with van der Waals surface area (Å²) in [6.45, 7) is 2.57. The van der Waals surface area contributed by atoms with Gasteiger partial charge in [0, 0.05) is 18.8 Å². The Hall–Kier alpha value is -2.38. The van der Waals surface area contributed by atoms with E-state index in [2.05, 4.69) is 4.72 Å². The predicted octanol–water partition coefficient (Wildman–Crippen LogP) is 2.59. The quantitative estimate of drug-likeness (QED) is 0.873. The molecule has 0 saturated heterocycles. The minimum absolute atomic E-state index is 0.0498. The first-order valence-corrected chi connectivity index (χ1v) is 10.0. The third kappa shape index (κ3) is 3.45. The van der Waals surface area contributed by atoms with Crippen LogP contribution in [0, 0.1) is 0 Å². The molecule has 0 spiro atoms. The van der Waals surface area contributed by atoms with Crippen molar-refractivity contribution in [3.05, 3.63) is 53.6 Å². The number of benzene rings is 2. The fraction of sp³-hybridized carbons (Fsp3) is 0.316. The number of methoxy groups -OCH3 is 1. The van der Waals surface area contributed by atoms with Gasteiger partial charge in [0.15, 0.2) is 0 Å². The lowest BCUT2D eigenvalue weighted by Crippen LogP contribution is -2.35. The number of amides is 1. The summed E-state index contributed by atoms with van der Waals surface area (Å²) < 4.78 is 32.4. The Morgan fingerprint density at radius 1 is 1.23 bits per heavy atom. The number of sulfonamides is 1. The summed E-state index contributed by atoms with van der Waals surface area (Å²) in [5.74, 6) is 0.0936. The molecular weight excluding hydrogens is 352 g/mol. The number of rotatable bonds is 5. The first kappa shape index (κ1) is 18.4. The smallest absolute Gasteiger partial charge is 0.262 e. The van der Waals surface area contributed by atoms with Crippen LogP contribution in [0.15, 0.2) is 47.4 Å². The van der Waals surface area contributed by atoms with Crippen LogP contribution in [0.3, 0.4) is 0 Å². The van der Waals surface area contributed by atoms with E-state index in [1.165, 1.54) is 25.3 Å². The van der Waals surface area contributed by atoms with Crippen LogP contribution in [0.2, 0.25) is 0 Å². The van der Waals surface area contributed by atoms with E-state index in [9.17, 15) is 13.2 Å². The number of anilines is 1. The Bertz CT molecular complexity index is 925. The highest BCUT2D eigenvalue weighted by Gasteiger charge is 2.27. The van der Waals surface area contributed by atoms with Gasteiger partial charge < -0.3 is 9.64 Å². The highest BCUT2D eigenvalue weighted by molar-refractivity contribution is 7.89. The van der Waals surface area contributed by atoms with Gasteiger partial charge in [-0.1, -0.05) is 25.1 Å². The molecule has 0 atom stereocenters. The molecule has 2 aromatic carbocycles. The van der Waals surface area contributed by atoms with Crippen molar-refractivity contribution in [1.82, 2.24) is 4.72 Å². The normalized spacial score (nSPS) is 14.0. The number of hydrogen-bond acceptors (Lipinski definition) is 4. The molecule has 3 rings (SSSR count). The molecule has 0 bridgehead atoms. The summed E-state index contributed by atoms with van der Waals surface area (Å²) in [5.41, 5.74) is 2.22. The predicted molar refractivity (Wildman–Crippen MR) is 100 cm³/mol. The summed E-state index contributed by atoms with van der Waals surface area (Å²) >= 11 is 0. The van der Waals surface area contributed by atoms with Gasteiger partial charge in [0.1, 0.15) is 5.75 Å². The lowest BCUT2D eigenvalue weighted by molar-refractivity contribution is 0.0982. The van der Waals surface area contributed by atoms with Gasteiger partial charge in [-0.2, -0.15) is 0 Å². The first-order valence-electron chi connectivity index (χ1n) is 8.55. The zero-order valence-corrected chi connectivity index (χ0v) is 15.7. The number of nitrogens with zero attached hydrogens (tertiary/aromatic N) is 1. The van der Waals surface area contributed by atoms with Crippen LogP contribution in [0.4, 0.5) is 5.69 Å². The van der Waals surface area contributed by atoms with E-state index in [0.717, 1.165) is 24.1 Å². The molecule has 0 aliphatic carbocycles. The molecule has 138 valence electrons. The monoisotopic (exact) mass is 374 g/mol. The average molecular weight is 374 g/mol. The van der Waals surface area contributed by atoms with Crippen molar-refractivity contribution in [2.45, 2.75) is 24.7 Å². The summed E-state index contributed by atoms with van der Waals surface area (Å²) in [6, 6.07) is 12.1. The third-order valence-electron chi connectivity index (χ3n) is 4.40. The second-order valence-electron chi connectivity index (χ2n) is 6.05. The van der Waals surface area contributed by atoms with Crippen LogP contribution in [0.1, 0.15) is 29.3 Å². The number of carbonyl (C=O) groups is 1. The first-order chi connectivity index (χ1) is 12.5. The molecule has 0 unspecified atom stereocenters. The number of para-hydroxylation sites is 1. The Balaban J connectivity index is 2.05. The number of ether oxygens (including phenoxy) is 1. The Morgan fingerprint density at radius 3 is 2.73 bits per heavy atom. The Morgan fingerprint density at radius 2 is 2.00 bits per heavy atom.